The molecule has 4 rings (SSSR count). The van der Waals surface area contributed by atoms with Gasteiger partial charge in [0.1, 0.15) is 0 Å². The average molecular weight is 417 g/mol. The first kappa shape index (κ1) is 19.6. The summed E-state index contributed by atoms with van der Waals surface area (Å²) in [5.74, 6) is -0.313. The molecule has 2 aromatic carbocycles. The molecule has 2 N–H and O–H groups in total. The molecular formula is C23H20N4O2S. The van der Waals surface area contributed by atoms with Crippen LogP contribution in [-0.2, 0) is 13.1 Å². The van der Waals surface area contributed by atoms with Crippen molar-refractivity contribution in [2.75, 3.05) is 5.32 Å². The van der Waals surface area contributed by atoms with Gasteiger partial charge in [-0.1, -0.05) is 30.3 Å². The Balaban J connectivity index is 1.29. The first-order valence-electron chi connectivity index (χ1n) is 9.44. The number of carbonyl (C=O) groups is 2. The van der Waals surface area contributed by atoms with Gasteiger partial charge in [-0.2, -0.15) is 0 Å². The minimum absolute atomic E-state index is 0.154. The molecule has 0 atom stereocenters. The fraction of sp³-hybridized carbons (Fsp3) is 0.0870. The number of rotatable bonds is 7. The number of anilines is 1. The molecule has 0 spiro atoms. The van der Waals surface area contributed by atoms with E-state index < -0.39 is 0 Å². The molecule has 0 saturated heterocycles. The lowest BCUT2D eigenvalue weighted by atomic mass is 10.1. The summed E-state index contributed by atoms with van der Waals surface area (Å²) in [7, 11) is 0. The summed E-state index contributed by atoms with van der Waals surface area (Å²) in [5.41, 5.74) is 3.39. The van der Waals surface area contributed by atoms with Crippen LogP contribution in [0.1, 0.15) is 31.2 Å². The standard InChI is InChI=1S/C23H20N4O2S/c28-22(19-7-9-20(10-8-19)26-23(29)21-2-1-13-30-21)25-14-17-3-5-18(6-4-17)15-27-12-11-24-16-27/h1-13,16H,14-15H2,(H,25,28)(H,26,29). The van der Waals surface area contributed by atoms with Gasteiger partial charge in [0.2, 0.25) is 0 Å². The molecule has 2 heterocycles. The van der Waals surface area contributed by atoms with Crippen LogP contribution in [0.5, 0.6) is 0 Å². The molecule has 2 amide bonds. The highest BCUT2D eigenvalue weighted by Gasteiger charge is 2.09. The van der Waals surface area contributed by atoms with Gasteiger partial charge >= 0.3 is 0 Å². The first-order valence-corrected chi connectivity index (χ1v) is 10.3. The zero-order chi connectivity index (χ0) is 20.8. The van der Waals surface area contributed by atoms with E-state index in [0.29, 0.717) is 22.7 Å². The molecule has 6 nitrogen and oxygen atoms in total. The van der Waals surface area contributed by atoms with Crippen LogP contribution >= 0.6 is 11.3 Å². The van der Waals surface area contributed by atoms with E-state index in [1.165, 1.54) is 16.9 Å². The highest BCUT2D eigenvalue weighted by Crippen LogP contribution is 2.14. The number of nitrogens with zero attached hydrogens (tertiary/aromatic N) is 2. The Bertz CT molecular complexity index is 1100. The van der Waals surface area contributed by atoms with Crippen molar-refractivity contribution in [3.05, 3.63) is 106 Å². The Morgan fingerprint density at radius 1 is 0.933 bits per heavy atom. The van der Waals surface area contributed by atoms with E-state index in [-0.39, 0.29) is 11.8 Å². The lowest BCUT2D eigenvalue weighted by Gasteiger charge is -2.08. The molecule has 0 saturated carbocycles. The molecule has 0 fully saturated rings. The van der Waals surface area contributed by atoms with Crippen molar-refractivity contribution in [2.24, 2.45) is 0 Å². The zero-order valence-electron chi connectivity index (χ0n) is 16.1. The van der Waals surface area contributed by atoms with Crippen molar-refractivity contribution in [1.29, 1.82) is 0 Å². The number of carbonyl (C=O) groups excluding carboxylic acids is 2. The summed E-state index contributed by atoms with van der Waals surface area (Å²) in [6.07, 6.45) is 5.47. The Morgan fingerprint density at radius 3 is 2.37 bits per heavy atom. The van der Waals surface area contributed by atoms with Crippen molar-refractivity contribution in [3.8, 4) is 0 Å². The van der Waals surface area contributed by atoms with Gasteiger partial charge in [0.25, 0.3) is 11.8 Å². The van der Waals surface area contributed by atoms with Crippen LogP contribution in [0.15, 0.2) is 84.8 Å². The molecule has 0 bridgehead atoms. The van der Waals surface area contributed by atoms with Gasteiger partial charge in [-0.05, 0) is 46.8 Å². The number of thiophene rings is 1. The van der Waals surface area contributed by atoms with Crippen LogP contribution in [0.4, 0.5) is 5.69 Å². The Morgan fingerprint density at radius 2 is 1.70 bits per heavy atom. The maximum atomic E-state index is 12.4. The first-order chi connectivity index (χ1) is 14.7. The fourth-order valence-corrected chi connectivity index (χ4v) is 3.56. The summed E-state index contributed by atoms with van der Waals surface area (Å²) in [6, 6.07) is 18.6. The molecule has 150 valence electrons. The lowest BCUT2D eigenvalue weighted by Crippen LogP contribution is -2.22. The Kier molecular flexibility index (Phi) is 6.01. The van der Waals surface area contributed by atoms with Crippen LogP contribution < -0.4 is 10.6 Å². The van der Waals surface area contributed by atoms with E-state index in [1.807, 2.05) is 46.5 Å². The van der Waals surface area contributed by atoms with Crippen molar-refractivity contribution < 1.29 is 9.59 Å². The van der Waals surface area contributed by atoms with Crippen LogP contribution in [-0.4, -0.2) is 21.4 Å². The van der Waals surface area contributed by atoms with E-state index in [2.05, 4.69) is 15.6 Å². The zero-order valence-corrected chi connectivity index (χ0v) is 16.9. The normalized spacial score (nSPS) is 10.5. The minimum atomic E-state index is -0.159. The quantitative estimate of drug-likeness (QED) is 0.475. The van der Waals surface area contributed by atoms with E-state index in [0.717, 1.165) is 12.1 Å². The minimum Gasteiger partial charge on any atom is -0.348 e. The monoisotopic (exact) mass is 416 g/mol. The molecule has 0 aliphatic rings. The van der Waals surface area contributed by atoms with Gasteiger partial charge in [-0.25, -0.2) is 4.98 Å². The lowest BCUT2D eigenvalue weighted by molar-refractivity contribution is 0.0950. The van der Waals surface area contributed by atoms with Gasteiger partial charge in [0.15, 0.2) is 0 Å². The van der Waals surface area contributed by atoms with E-state index in [1.54, 1.807) is 42.9 Å². The Hall–Kier alpha value is -3.71. The highest BCUT2D eigenvalue weighted by molar-refractivity contribution is 7.12. The molecule has 2 aromatic heterocycles. The molecule has 30 heavy (non-hydrogen) atoms. The number of imidazole rings is 1. The third-order valence-electron chi connectivity index (χ3n) is 4.55. The summed E-state index contributed by atoms with van der Waals surface area (Å²) in [6.45, 7) is 1.21. The van der Waals surface area contributed by atoms with Crippen LogP contribution in [0.25, 0.3) is 0 Å². The van der Waals surface area contributed by atoms with Crippen molar-refractivity contribution in [3.63, 3.8) is 0 Å². The predicted molar refractivity (Wildman–Crippen MR) is 118 cm³/mol. The second-order valence-electron chi connectivity index (χ2n) is 6.74. The van der Waals surface area contributed by atoms with Gasteiger partial charge in [0.05, 0.1) is 11.2 Å². The van der Waals surface area contributed by atoms with Gasteiger partial charge in [-0.15, -0.1) is 11.3 Å². The van der Waals surface area contributed by atoms with Crippen LogP contribution in [0.3, 0.4) is 0 Å². The molecular weight excluding hydrogens is 396 g/mol. The molecule has 0 aliphatic carbocycles. The van der Waals surface area contributed by atoms with Gasteiger partial charge < -0.3 is 15.2 Å². The third kappa shape index (κ3) is 5.01. The Labute approximate surface area is 178 Å². The second-order valence-corrected chi connectivity index (χ2v) is 7.69. The maximum absolute atomic E-state index is 12.4. The van der Waals surface area contributed by atoms with Gasteiger partial charge in [0, 0.05) is 36.7 Å². The summed E-state index contributed by atoms with van der Waals surface area (Å²) >= 11 is 1.38. The largest absolute Gasteiger partial charge is 0.348 e. The number of nitrogens with one attached hydrogen (secondary N) is 2. The second kappa shape index (κ2) is 9.19. The summed E-state index contributed by atoms with van der Waals surface area (Å²) in [5, 5.41) is 7.60. The molecule has 0 unspecified atom stereocenters. The maximum Gasteiger partial charge on any atom is 0.265 e. The number of amides is 2. The molecule has 4 aromatic rings. The summed E-state index contributed by atoms with van der Waals surface area (Å²) < 4.78 is 2.00. The SMILES string of the molecule is O=C(NCc1ccc(Cn2ccnc2)cc1)c1ccc(NC(=O)c2cccs2)cc1. The number of benzene rings is 2. The highest BCUT2D eigenvalue weighted by atomic mass is 32.1. The average Bonchev–Trinajstić information content (AvgIpc) is 3.48. The van der Waals surface area contributed by atoms with Crippen molar-refractivity contribution >= 4 is 28.8 Å². The van der Waals surface area contributed by atoms with Crippen molar-refractivity contribution in [1.82, 2.24) is 14.9 Å². The third-order valence-corrected chi connectivity index (χ3v) is 5.42. The smallest absolute Gasteiger partial charge is 0.265 e. The molecule has 0 radical (unpaired) electrons. The van der Waals surface area contributed by atoms with Crippen LogP contribution in [0, 0.1) is 0 Å². The topological polar surface area (TPSA) is 76.0 Å². The van der Waals surface area contributed by atoms with Crippen molar-refractivity contribution in [2.45, 2.75) is 13.1 Å². The van der Waals surface area contributed by atoms with Crippen LogP contribution in [0.2, 0.25) is 0 Å². The number of hydrogen-bond acceptors (Lipinski definition) is 4. The molecule has 0 aliphatic heterocycles. The number of hydrogen-bond donors (Lipinski definition) is 2. The fourth-order valence-electron chi connectivity index (χ4n) is 2.94. The number of aromatic nitrogens is 2. The van der Waals surface area contributed by atoms with E-state index in [4.69, 9.17) is 0 Å². The molecule has 7 heteroatoms. The predicted octanol–water partition coefficient (Wildman–Crippen LogP) is 4.18. The summed E-state index contributed by atoms with van der Waals surface area (Å²) in [4.78, 5) is 29.2. The van der Waals surface area contributed by atoms with E-state index in [9.17, 15) is 9.59 Å². The van der Waals surface area contributed by atoms with E-state index >= 15 is 0 Å². The van der Waals surface area contributed by atoms with Gasteiger partial charge in [-0.3, -0.25) is 9.59 Å².